The van der Waals surface area contributed by atoms with E-state index in [9.17, 15) is 0 Å². The van der Waals surface area contributed by atoms with E-state index in [2.05, 4.69) is 27.1 Å². The third-order valence-corrected chi connectivity index (χ3v) is 4.16. The van der Waals surface area contributed by atoms with Gasteiger partial charge in [0.1, 0.15) is 6.61 Å². The Bertz CT molecular complexity index is 361. The molecule has 0 N–H and O–H groups in total. The van der Waals surface area contributed by atoms with Gasteiger partial charge >= 0.3 is 0 Å². The highest BCUT2D eigenvalue weighted by atomic mass is 127. The topological polar surface area (TPSA) is 83.1 Å². The highest BCUT2D eigenvalue weighted by Crippen LogP contribution is 2.10. The number of halogens is 1. The molecule has 0 aliphatic heterocycles. The molecule has 0 atom stereocenters. The van der Waals surface area contributed by atoms with Crippen molar-refractivity contribution in [3.63, 3.8) is 0 Å². The summed E-state index contributed by atoms with van der Waals surface area (Å²) in [5.41, 5.74) is 0. The normalized spacial score (nSPS) is 11.1. The zero-order chi connectivity index (χ0) is 21.8. The highest BCUT2D eigenvalue weighted by Gasteiger charge is 1.95. The van der Waals surface area contributed by atoms with Gasteiger partial charge in [0, 0.05) is 21.2 Å². The first-order valence-electron chi connectivity index (χ1n) is 9.87. The van der Waals surface area contributed by atoms with Gasteiger partial charge in [-0.2, -0.15) is 0 Å². The SMILES string of the molecule is C#CCOCCOCCOCCOCCOCCOCCOCCOCCOSI. The van der Waals surface area contributed by atoms with Gasteiger partial charge in [0.25, 0.3) is 0 Å². The van der Waals surface area contributed by atoms with Crippen LogP contribution in [0.1, 0.15) is 0 Å². The lowest BCUT2D eigenvalue weighted by atomic mass is 10.6. The van der Waals surface area contributed by atoms with Gasteiger partial charge in [-0.1, -0.05) is 5.92 Å². The quantitative estimate of drug-likeness (QED) is 0.0669. The summed E-state index contributed by atoms with van der Waals surface area (Å²) in [7, 11) is 1.30. The molecule has 0 spiro atoms. The lowest BCUT2D eigenvalue weighted by Crippen LogP contribution is -2.15. The summed E-state index contributed by atoms with van der Waals surface area (Å²) in [6.45, 7) is 8.86. The number of terminal acetylenes is 1. The van der Waals surface area contributed by atoms with Crippen LogP contribution in [-0.4, -0.2) is 112 Å². The molecule has 0 unspecified atom stereocenters. The van der Waals surface area contributed by atoms with E-state index in [1.807, 2.05) is 0 Å². The summed E-state index contributed by atoms with van der Waals surface area (Å²) >= 11 is 2.07. The molecule has 0 bridgehead atoms. The van der Waals surface area contributed by atoms with E-state index in [0.717, 1.165) is 0 Å². The van der Waals surface area contributed by atoms with Gasteiger partial charge in [-0.25, -0.2) is 0 Å². The van der Waals surface area contributed by atoms with Crippen LogP contribution in [0.4, 0.5) is 0 Å². The minimum absolute atomic E-state index is 0.314. The molecule has 178 valence electrons. The van der Waals surface area contributed by atoms with Gasteiger partial charge in [0.2, 0.25) is 0 Å². The fraction of sp³-hybridized carbons (Fsp3) is 0.895. The first kappa shape index (κ1) is 30.3. The average molecular weight is 566 g/mol. The Kier molecular flexibility index (Phi) is 29.6. The van der Waals surface area contributed by atoms with Crippen LogP contribution in [0.15, 0.2) is 0 Å². The second-order valence-corrected chi connectivity index (χ2v) is 6.87. The van der Waals surface area contributed by atoms with E-state index < -0.39 is 0 Å². The summed E-state index contributed by atoms with van der Waals surface area (Å²) in [5, 5.41) is 0. The van der Waals surface area contributed by atoms with Crippen molar-refractivity contribution in [3.05, 3.63) is 0 Å². The van der Waals surface area contributed by atoms with Crippen LogP contribution < -0.4 is 0 Å². The molecule has 0 rings (SSSR count). The maximum atomic E-state index is 5.42. The molecule has 0 aromatic carbocycles. The molecule has 0 saturated carbocycles. The summed E-state index contributed by atoms with van der Waals surface area (Å²) in [6.07, 6.45) is 5.06. The van der Waals surface area contributed by atoms with Crippen LogP contribution >= 0.6 is 30.4 Å². The van der Waals surface area contributed by atoms with Crippen LogP contribution in [0.5, 0.6) is 0 Å². The van der Waals surface area contributed by atoms with Gasteiger partial charge < -0.3 is 42.1 Å². The zero-order valence-corrected chi connectivity index (χ0v) is 20.5. The van der Waals surface area contributed by atoms with Crippen molar-refractivity contribution in [3.8, 4) is 12.3 Å². The van der Waals surface area contributed by atoms with Crippen LogP contribution in [-0.2, 0) is 42.1 Å². The molecule has 0 aliphatic rings. The van der Waals surface area contributed by atoms with Crippen LogP contribution in [0.3, 0.4) is 0 Å². The van der Waals surface area contributed by atoms with E-state index in [0.29, 0.717) is 112 Å². The number of rotatable bonds is 26. The summed E-state index contributed by atoms with van der Waals surface area (Å²) in [6, 6.07) is 0. The van der Waals surface area contributed by atoms with Crippen LogP contribution in [0.2, 0.25) is 0 Å². The molecule has 11 heteroatoms. The fourth-order valence-electron chi connectivity index (χ4n) is 1.79. The van der Waals surface area contributed by atoms with E-state index >= 15 is 0 Å². The van der Waals surface area contributed by atoms with E-state index in [4.69, 9.17) is 48.5 Å². The first-order valence-corrected chi connectivity index (χ1v) is 13.2. The Hall–Kier alpha value is 0.280. The van der Waals surface area contributed by atoms with E-state index in [-0.39, 0.29) is 0 Å². The lowest BCUT2D eigenvalue weighted by molar-refractivity contribution is -0.0229. The first-order chi connectivity index (χ1) is 14.9. The largest absolute Gasteiger partial charge is 0.377 e. The van der Waals surface area contributed by atoms with Crippen molar-refractivity contribution in [2.24, 2.45) is 0 Å². The predicted molar refractivity (Wildman–Crippen MR) is 123 cm³/mol. The van der Waals surface area contributed by atoms with Crippen molar-refractivity contribution in [1.82, 2.24) is 0 Å². The number of ether oxygens (including phenoxy) is 8. The molecule has 0 heterocycles. The molecular formula is C19H35IO9S. The van der Waals surface area contributed by atoms with Gasteiger partial charge in [-0.05, 0) is 0 Å². The van der Waals surface area contributed by atoms with Gasteiger partial charge in [0.05, 0.1) is 115 Å². The molecule has 0 aliphatic carbocycles. The van der Waals surface area contributed by atoms with Crippen LogP contribution in [0.25, 0.3) is 0 Å². The van der Waals surface area contributed by atoms with E-state index in [1.165, 1.54) is 9.21 Å². The second-order valence-electron chi connectivity index (χ2n) is 5.43. The minimum Gasteiger partial charge on any atom is -0.377 e. The molecular weight excluding hydrogens is 531 g/mol. The zero-order valence-electron chi connectivity index (χ0n) is 17.6. The summed E-state index contributed by atoms with van der Waals surface area (Å²) in [4.78, 5) is 0. The van der Waals surface area contributed by atoms with Crippen molar-refractivity contribution in [1.29, 1.82) is 0 Å². The second kappa shape index (κ2) is 29.3. The fourth-order valence-corrected chi connectivity index (χ4v) is 2.47. The molecule has 9 nitrogen and oxygen atoms in total. The maximum Gasteiger partial charge on any atom is 0.107 e. The number of hydrogen-bond acceptors (Lipinski definition) is 10. The minimum atomic E-state index is 0.314. The maximum absolute atomic E-state index is 5.42. The molecule has 0 amide bonds. The summed E-state index contributed by atoms with van der Waals surface area (Å²) < 4.78 is 47.8. The molecule has 0 saturated heterocycles. The summed E-state index contributed by atoms with van der Waals surface area (Å²) in [5.74, 6) is 2.39. The van der Waals surface area contributed by atoms with Gasteiger partial charge in [-0.3, -0.25) is 0 Å². The Morgan fingerprint density at radius 3 is 1.00 bits per heavy atom. The van der Waals surface area contributed by atoms with Gasteiger partial charge in [0.15, 0.2) is 0 Å². The molecule has 0 fully saturated rings. The Labute approximate surface area is 196 Å². The highest BCUT2D eigenvalue weighted by molar-refractivity contribution is 14.2. The lowest BCUT2D eigenvalue weighted by Gasteiger charge is -2.08. The van der Waals surface area contributed by atoms with Gasteiger partial charge in [-0.15, -0.1) is 6.42 Å². The Balaban J connectivity index is 2.98. The third-order valence-electron chi connectivity index (χ3n) is 3.15. The van der Waals surface area contributed by atoms with Crippen LogP contribution in [0, 0.1) is 12.3 Å². The smallest absolute Gasteiger partial charge is 0.107 e. The van der Waals surface area contributed by atoms with E-state index in [1.54, 1.807) is 0 Å². The molecule has 0 radical (unpaired) electrons. The molecule has 0 aromatic heterocycles. The third kappa shape index (κ3) is 28.3. The Morgan fingerprint density at radius 1 is 0.467 bits per heavy atom. The van der Waals surface area contributed by atoms with Crippen molar-refractivity contribution >= 4 is 30.4 Å². The molecule has 30 heavy (non-hydrogen) atoms. The monoisotopic (exact) mass is 566 g/mol. The van der Waals surface area contributed by atoms with Crippen molar-refractivity contribution in [2.45, 2.75) is 0 Å². The van der Waals surface area contributed by atoms with Crippen molar-refractivity contribution < 1.29 is 42.1 Å². The standard InChI is InChI=1S/C19H35IO9S/c1-2-3-21-4-5-22-6-7-23-8-9-24-10-11-25-12-13-26-14-15-27-16-17-28-18-19-29-30-20/h1H,3-19H2. The number of hydrogen-bond donors (Lipinski definition) is 0. The average Bonchev–Trinajstić information content (AvgIpc) is 2.76. The predicted octanol–water partition coefficient (Wildman–Crippen LogP) is 1.77. The molecule has 0 aromatic rings. The Morgan fingerprint density at radius 2 is 0.733 bits per heavy atom. The van der Waals surface area contributed by atoms with Crippen molar-refractivity contribution in [2.75, 3.05) is 112 Å².